The van der Waals surface area contributed by atoms with Crippen LogP contribution in [0.2, 0.25) is 0 Å². The van der Waals surface area contributed by atoms with Gasteiger partial charge in [0.25, 0.3) is 0 Å². The van der Waals surface area contributed by atoms with Gasteiger partial charge in [-0.15, -0.1) is 0 Å². The molecule has 2 aliphatic heterocycles. The number of likely N-dealkylation sites (tertiary alicyclic amines) is 1. The van der Waals surface area contributed by atoms with E-state index in [-0.39, 0.29) is 68.3 Å². The zero-order valence-electron chi connectivity index (χ0n) is 18.6. The molecule has 2 saturated heterocycles. The molecule has 2 N–H and O–H groups in total. The fourth-order valence-electron chi connectivity index (χ4n) is 6.03. The first-order valence-electron chi connectivity index (χ1n) is 11.7. The van der Waals surface area contributed by atoms with E-state index in [1.165, 1.54) is 11.8 Å². The zero-order chi connectivity index (χ0) is 23.6. The molecule has 5 rings (SSSR count). The summed E-state index contributed by atoms with van der Waals surface area (Å²) >= 11 is 0. The van der Waals surface area contributed by atoms with Gasteiger partial charge in [-0.2, -0.15) is 18.2 Å². The Kier molecular flexibility index (Phi) is 5.32. The lowest BCUT2D eigenvalue weighted by atomic mass is 9.62. The van der Waals surface area contributed by atoms with Crippen LogP contribution in [0.25, 0.3) is 0 Å². The van der Waals surface area contributed by atoms with Gasteiger partial charge in [0.15, 0.2) is 5.82 Å². The zero-order valence-corrected chi connectivity index (χ0v) is 18.6. The van der Waals surface area contributed by atoms with Crippen molar-refractivity contribution in [2.45, 2.75) is 93.6 Å². The minimum atomic E-state index is -4.62. The first-order valence-corrected chi connectivity index (χ1v) is 11.7. The van der Waals surface area contributed by atoms with Gasteiger partial charge < -0.3 is 19.8 Å². The molecule has 1 spiro atoms. The Morgan fingerprint density at radius 2 is 1.88 bits per heavy atom. The van der Waals surface area contributed by atoms with E-state index in [1.807, 2.05) is 0 Å². The van der Waals surface area contributed by atoms with Crippen molar-refractivity contribution < 1.29 is 32.0 Å². The summed E-state index contributed by atoms with van der Waals surface area (Å²) in [5.74, 6) is -1.02. The lowest BCUT2D eigenvalue weighted by molar-refractivity contribution is -0.206. The van der Waals surface area contributed by atoms with Crippen LogP contribution in [0, 0.1) is 5.41 Å². The lowest BCUT2D eigenvalue weighted by Crippen LogP contribution is -2.62. The van der Waals surface area contributed by atoms with Crippen molar-refractivity contribution in [1.29, 1.82) is 0 Å². The summed E-state index contributed by atoms with van der Waals surface area (Å²) in [5.41, 5.74) is -3.81. The van der Waals surface area contributed by atoms with Crippen LogP contribution in [0.5, 0.6) is 0 Å². The van der Waals surface area contributed by atoms with Crippen LogP contribution in [-0.2, 0) is 10.2 Å². The average Bonchev–Trinajstić information content (AvgIpc) is 3.19. The van der Waals surface area contributed by atoms with E-state index in [9.17, 15) is 27.5 Å². The van der Waals surface area contributed by atoms with Crippen molar-refractivity contribution in [2.75, 3.05) is 19.6 Å². The third-order valence-corrected chi connectivity index (χ3v) is 8.55. The number of hydrogen-bond donors (Lipinski definition) is 2. The summed E-state index contributed by atoms with van der Waals surface area (Å²) in [6.45, 7) is 1.81. The molecule has 11 heteroatoms. The largest absolute Gasteiger partial charge is 0.401 e. The van der Waals surface area contributed by atoms with Crippen molar-refractivity contribution in [1.82, 2.24) is 20.4 Å². The summed E-state index contributed by atoms with van der Waals surface area (Å²) < 4.78 is 61.6. The Bertz CT molecular complexity index is 898. The highest BCUT2D eigenvalue weighted by Gasteiger charge is 2.61. The third-order valence-electron chi connectivity index (χ3n) is 8.55. The molecular formula is C22H30F4N4O3. The van der Waals surface area contributed by atoms with E-state index < -0.39 is 35.2 Å². The fraction of sp³-hybridized carbons (Fsp3) is 0.864. The summed E-state index contributed by atoms with van der Waals surface area (Å²) in [5, 5.41) is 17.4. The van der Waals surface area contributed by atoms with E-state index in [2.05, 4.69) is 15.5 Å². The van der Waals surface area contributed by atoms with Gasteiger partial charge in [-0.05, 0) is 51.9 Å². The van der Waals surface area contributed by atoms with Crippen LogP contribution < -0.4 is 5.32 Å². The summed E-state index contributed by atoms with van der Waals surface area (Å²) in [6, 6.07) is -0.588. The number of nitrogens with zero attached hydrogens (tertiary/aromatic N) is 3. The first-order chi connectivity index (χ1) is 15.4. The van der Waals surface area contributed by atoms with Gasteiger partial charge in [0.05, 0.1) is 12.1 Å². The summed E-state index contributed by atoms with van der Waals surface area (Å²) in [6.07, 6.45) is -2.43. The third kappa shape index (κ3) is 3.75. The molecule has 1 aromatic rings. The molecule has 0 bridgehead atoms. The molecule has 2 saturated carbocycles. The monoisotopic (exact) mass is 474 g/mol. The Morgan fingerprint density at radius 3 is 2.39 bits per heavy atom. The molecule has 1 aromatic heterocycles. The molecule has 4 fully saturated rings. The van der Waals surface area contributed by atoms with Crippen LogP contribution in [0.15, 0.2) is 4.52 Å². The van der Waals surface area contributed by atoms with Crippen molar-refractivity contribution in [2.24, 2.45) is 5.41 Å². The van der Waals surface area contributed by atoms with Gasteiger partial charge in [-0.3, -0.25) is 4.79 Å². The number of aromatic nitrogens is 2. The van der Waals surface area contributed by atoms with Crippen molar-refractivity contribution in [3.63, 3.8) is 0 Å². The number of alkyl halides is 4. The van der Waals surface area contributed by atoms with Gasteiger partial charge in [0, 0.05) is 31.0 Å². The highest BCUT2D eigenvalue weighted by Crippen LogP contribution is 2.50. The maximum atomic E-state index is 14.2. The molecule has 0 aromatic carbocycles. The maximum Gasteiger partial charge on any atom is 0.401 e. The summed E-state index contributed by atoms with van der Waals surface area (Å²) in [4.78, 5) is 18.5. The molecule has 1 amide bonds. The number of hydrogen-bond acceptors (Lipinski definition) is 6. The second-order valence-corrected chi connectivity index (χ2v) is 10.8. The van der Waals surface area contributed by atoms with Crippen LogP contribution in [0.1, 0.15) is 75.9 Å². The Hall–Kier alpha value is -1.75. The quantitative estimate of drug-likeness (QED) is 0.655. The molecule has 2 atom stereocenters. The van der Waals surface area contributed by atoms with E-state index in [0.717, 1.165) is 19.3 Å². The van der Waals surface area contributed by atoms with Gasteiger partial charge in [-0.1, -0.05) is 11.6 Å². The van der Waals surface area contributed by atoms with Crippen molar-refractivity contribution in [3.8, 4) is 0 Å². The topological polar surface area (TPSA) is 91.5 Å². The first kappa shape index (κ1) is 23.0. The standard InChI is InChI=1S/C22H30F4N4O3/c1-19(23)10-13(11-19)16-28-18(29-33-16)21(22(24,25)26)5-7-30(8-6-21)17(32)14-9-15(31)20(12-27-14)3-2-4-20/h13-15,27,31H,2-12H2,1H3/t13?,14-,15+,19?/m0/s1. The highest BCUT2D eigenvalue weighted by molar-refractivity contribution is 5.82. The molecule has 4 aliphatic rings. The minimum Gasteiger partial charge on any atom is -0.392 e. The Morgan fingerprint density at radius 1 is 1.21 bits per heavy atom. The van der Waals surface area contributed by atoms with Crippen molar-refractivity contribution in [3.05, 3.63) is 11.7 Å². The number of amides is 1. The van der Waals surface area contributed by atoms with Crippen LogP contribution in [0.3, 0.4) is 0 Å². The van der Waals surface area contributed by atoms with Gasteiger partial charge >= 0.3 is 6.18 Å². The Labute approximate surface area is 189 Å². The smallest absolute Gasteiger partial charge is 0.392 e. The van der Waals surface area contributed by atoms with Gasteiger partial charge in [-0.25, -0.2) is 4.39 Å². The van der Waals surface area contributed by atoms with E-state index in [4.69, 9.17) is 4.52 Å². The van der Waals surface area contributed by atoms with Crippen LogP contribution in [0.4, 0.5) is 17.6 Å². The number of carbonyl (C=O) groups is 1. The molecule has 2 aliphatic carbocycles. The predicted octanol–water partition coefficient (Wildman–Crippen LogP) is 2.99. The molecular weight excluding hydrogens is 444 g/mol. The number of halogens is 4. The fourth-order valence-corrected chi connectivity index (χ4v) is 6.03. The minimum absolute atomic E-state index is 0.0487. The second kappa shape index (κ2) is 7.63. The number of nitrogens with one attached hydrogen (secondary N) is 1. The van der Waals surface area contributed by atoms with Gasteiger partial charge in [0.1, 0.15) is 11.1 Å². The maximum absolute atomic E-state index is 14.2. The second-order valence-electron chi connectivity index (χ2n) is 10.8. The normalized spacial score (nSPS) is 35.7. The number of rotatable bonds is 3. The lowest BCUT2D eigenvalue weighted by Gasteiger charge is -2.51. The number of piperidine rings is 2. The predicted molar refractivity (Wildman–Crippen MR) is 108 cm³/mol. The van der Waals surface area contributed by atoms with E-state index in [0.29, 0.717) is 6.54 Å². The summed E-state index contributed by atoms with van der Waals surface area (Å²) in [7, 11) is 0. The molecule has 0 unspecified atom stereocenters. The number of aliphatic hydroxyl groups is 1. The molecule has 3 heterocycles. The SMILES string of the molecule is CC1(F)CC(c2nc(C3(C(F)(F)F)CCN(C(=O)[C@@H]4C[C@@H](O)C5(CCC5)CN4)CC3)no2)C1. The highest BCUT2D eigenvalue weighted by atomic mass is 19.4. The molecule has 184 valence electrons. The number of carbonyl (C=O) groups excluding carboxylic acids is 1. The van der Waals surface area contributed by atoms with Crippen LogP contribution in [-0.4, -0.2) is 69.7 Å². The Balaban J connectivity index is 1.26. The van der Waals surface area contributed by atoms with Crippen molar-refractivity contribution >= 4 is 5.91 Å². The van der Waals surface area contributed by atoms with E-state index in [1.54, 1.807) is 0 Å². The van der Waals surface area contributed by atoms with E-state index >= 15 is 0 Å². The van der Waals surface area contributed by atoms with Gasteiger partial charge in [0.2, 0.25) is 11.8 Å². The molecule has 7 nitrogen and oxygen atoms in total. The number of aliphatic hydroxyl groups excluding tert-OH is 1. The van der Waals surface area contributed by atoms with Crippen LogP contribution >= 0.6 is 0 Å². The molecule has 0 radical (unpaired) electrons. The average molecular weight is 474 g/mol. The molecule has 33 heavy (non-hydrogen) atoms.